The van der Waals surface area contributed by atoms with Crippen molar-refractivity contribution in [1.82, 2.24) is 4.90 Å². The van der Waals surface area contributed by atoms with E-state index in [0.717, 1.165) is 70.6 Å². The Hall–Kier alpha value is -3.42. The van der Waals surface area contributed by atoms with Gasteiger partial charge in [0.05, 0.1) is 0 Å². The van der Waals surface area contributed by atoms with Crippen LogP contribution in [0.3, 0.4) is 0 Å². The molecule has 0 radical (unpaired) electrons. The van der Waals surface area contributed by atoms with Crippen LogP contribution >= 0.6 is 0 Å². The van der Waals surface area contributed by atoms with Crippen LogP contribution in [0, 0.1) is 5.92 Å². The Morgan fingerprint density at radius 1 is 0.827 bits per heavy atom. The van der Waals surface area contributed by atoms with Gasteiger partial charge in [-0.3, -0.25) is 4.90 Å². The predicted molar refractivity (Wildman–Crippen MR) is 184 cm³/mol. The van der Waals surface area contributed by atoms with Crippen molar-refractivity contribution < 1.29 is 54.9 Å². The van der Waals surface area contributed by atoms with Gasteiger partial charge in [0, 0.05) is 43.9 Å². The van der Waals surface area contributed by atoms with E-state index in [1.54, 1.807) is 13.8 Å². The standard InChI is InChI=1S/C39H51F6NO6/c1-6-7-8-9-10-13-19-28(2)33(52-35(48)37(50-5,39(43,44)45)31-22-16-12-17-23-31)29(3)26-46-25-18-24-32(46)27-51-34(47)36(49-4,38(40,41)42)30-20-14-11-15-21-30/h11-12,14-17,19-23,29,32-33H,6-10,13,18,24-27H2,1-5H3/b28-19+/t29-,32-,33+,36+,37+/m0/s1. The highest BCUT2D eigenvalue weighted by Gasteiger charge is 2.65. The fourth-order valence-corrected chi connectivity index (χ4v) is 6.89. The summed E-state index contributed by atoms with van der Waals surface area (Å²) >= 11 is 0. The number of hydrogen-bond acceptors (Lipinski definition) is 7. The predicted octanol–water partition coefficient (Wildman–Crippen LogP) is 9.06. The van der Waals surface area contributed by atoms with E-state index in [2.05, 4.69) is 6.92 Å². The van der Waals surface area contributed by atoms with Gasteiger partial charge in [0.2, 0.25) is 0 Å². The Labute approximate surface area is 302 Å². The molecule has 0 N–H and O–H groups in total. The molecule has 0 aromatic heterocycles. The van der Waals surface area contributed by atoms with Crippen LogP contribution in [0.25, 0.3) is 0 Å². The van der Waals surface area contributed by atoms with Crippen LogP contribution < -0.4 is 0 Å². The minimum Gasteiger partial charge on any atom is -0.461 e. The van der Waals surface area contributed by atoms with Crippen molar-refractivity contribution in [2.24, 2.45) is 5.92 Å². The number of nitrogens with zero attached hydrogens (tertiary/aromatic N) is 1. The van der Waals surface area contributed by atoms with Gasteiger partial charge in [-0.1, -0.05) is 106 Å². The smallest absolute Gasteiger partial charge is 0.432 e. The van der Waals surface area contributed by atoms with Crippen LogP contribution in [-0.2, 0) is 39.7 Å². The van der Waals surface area contributed by atoms with E-state index in [0.29, 0.717) is 31.4 Å². The third-order valence-corrected chi connectivity index (χ3v) is 9.75. The molecular formula is C39H51F6NO6. The number of rotatable bonds is 19. The van der Waals surface area contributed by atoms with E-state index in [-0.39, 0.29) is 13.2 Å². The molecular weight excluding hydrogens is 692 g/mol. The van der Waals surface area contributed by atoms with Gasteiger partial charge in [-0.15, -0.1) is 0 Å². The number of benzene rings is 2. The number of carbonyl (C=O) groups is 2. The molecule has 0 unspecified atom stereocenters. The van der Waals surface area contributed by atoms with Gasteiger partial charge in [0.25, 0.3) is 11.2 Å². The Kier molecular flexibility index (Phi) is 15.8. The van der Waals surface area contributed by atoms with Gasteiger partial charge < -0.3 is 18.9 Å². The van der Waals surface area contributed by atoms with Gasteiger partial charge in [0.15, 0.2) is 0 Å². The third-order valence-electron chi connectivity index (χ3n) is 9.75. The van der Waals surface area contributed by atoms with E-state index in [1.807, 2.05) is 11.0 Å². The first kappa shape index (κ1) is 43.0. The molecule has 1 saturated heterocycles. The molecule has 13 heteroatoms. The number of methoxy groups -OCH3 is 2. The summed E-state index contributed by atoms with van der Waals surface area (Å²) in [4.78, 5) is 28.8. The number of ether oxygens (including phenoxy) is 4. The second kappa shape index (κ2) is 19.1. The topological polar surface area (TPSA) is 74.3 Å². The zero-order chi connectivity index (χ0) is 38.6. The zero-order valence-electron chi connectivity index (χ0n) is 30.5. The highest BCUT2D eigenvalue weighted by atomic mass is 19.4. The van der Waals surface area contributed by atoms with Crippen molar-refractivity contribution in [2.45, 2.75) is 108 Å². The van der Waals surface area contributed by atoms with E-state index in [9.17, 15) is 35.9 Å². The highest BCUT2D eigenvalue weighted by Crippen LogP contribution is 2.45. The highest BCUT2D eigenvalue weighted by molar-refractivity contribution is 5.83. The molecule has 1 aliphatic rings. The number of unbranched alkanes of at least 4 members (excludes halogenated alkanes) is 5. The first-order chi connectivity index (χ1) is 24.6. The number of likely N-dealkylation sites (tertiary alicyclic amines) is 1. The molecule has 0 amide bonds. The summed E-state index contributed by atoms with van der Waals surface area (Å²) in [6.45, 7) is 5.83. The molecule has 290 valence electrons. The maximum atomic E-state index is 14.8. The lowest BCUT2D eigenvalue weighted by Gasteiger charge is -2.36. The largest absolute Gasteiger partial charge is 0.461 e. The summed E-state index contributed by atoms with van der Waals surface area (Å²) in [5.41, 5.74) is -7.01. The zero-order valence-corrected chi connectivity index (χ0v) is 30.5. The van der Waals surface area contributed by atoms with Crippen molar-refractivity contribution in [1.29, 1.82) is 0 Å². The number of hydrogen-bond donors (Lipinski definition) is 0. The average Bonchev–Trinajstić information content (AvgIpc) is 3.55. The second-order valence-electron chi connectivity index (χ2n) is 13.3. The number of esters is 2. The van der Waals surface area contributed by atoms with Gasteiger partial charge in [-0.2, -0.15) is 26.3 Å². The molecule has 2 aromatic carbocycles. The summed E-state index contributed by atoms with van der Waals surface area (Å²) in [6.07, 6.45) is -2.71. The van der Waals surface area contributed by atoms with Crippen LogP contribution in [0.2, 0.25) is 0 Å². The van der Waals surface area contributed by atoms with Gasteiger partial charge in [-0.25, -0.2) is 9.59 Å². The molecule has 1 aliphatic heterocycles. The maximum Gasteiger partial charge on any atom is 0.432 e. The Morgan fingerprint density at radius 2 is 1.35 bits per heavy atom. The Balaban J connectivity index is 1.86. The molecule has 0 saturated carbocycles. The number of alkyl halides is 6. The SMILES string of the molecule is CCCCCCC/C=C(\C)[C@@H](OC(=O)[C@](OC)(c1ccccc1)C(F)(F)F)[C@@H](C)CN1CCC[C@H]1COC(=O)[C@](OC)(c1ccccc1)C(F)(F)F. The fourth-order valence-electron chi connectivity index (χ4n) is 6.89. The average molecular weight is 744 g/mol. The van der Waals surface area contributed by atoms with Crippen LogP contribution in [-0.4, -0.2) is 75.3 Å². The van der Waals surface area contributed by atoms with Gasteiger partial charge >= 0.3 is 24.3 Å². The first-order valence-electron chi connectivity index (χ1n) is 17.7. The maximum absolute atomic E-state index is 14.8. The number of halogens is 6. The normalized spacial score (nSPS) is 19.4. The van der Waals surface area contributed by atoms with Gasteiger partial charge in [-0.05, 0) is 44.7 Å². The van der Waals surface area contributed by atoms with Crippen LogP contribution in [0.5, 0.6) is 0 Å². The van der Waals surface area contributed by atoms with Crippen LogP contribution in [0.4, 0.5) is 26.3 Å². The van der Waals surface area contributed by atoms with Crippen molar-refractivity contribution in [3.63, 3.8) is 0 Å². The molecule has 5 atom stereocenters. The monoisotopic (exact) mass is 743 g/mol. The molecule has 2 aromatic rings. The summed E-state index contributed by atoms with van der Waals surface area (Å²) in [7, 11) is 1.60. The minimum atomic E-state index is -5.16. The molecule has 1 fully saturated rings. The summed E-state index contributed by atoms with van der Waals surface area (Å²) in [5, 5.41) is 0. The Morgan fingerprint density at radius 3 is 1.85 bits per heavy atom. The van der Waals surface area contributed by atoms with Crippen molar-refractivity contribution >= 4 is 11.9 Å². The summed E-state index contributed by atoms with van der Waals surface area (Å²) < 4.78 is 109. The van der Waals surface area contributed by atoms with E-state index in [1.165, 1.54) is 36.4 Å². The number of allylic oxidation sites excluding steroid dienone is 1. The van der Waals surface area contributed by atoms with Crippen molar-refractivity contribution in [2.75, 3.05) is 33.9 Å². The summed E-state index contributed by atoms with van der Waals surface area (Å²) in [6, 6.07) is 12.6. The Bertz CT molecular complexity index is 1440. The summed E-state index contributed by atoms with van der Waals surface area (Å²) in [5.74, 6) is -3.80. The van der Waals surface area contributed by atoms with Crippen LogP contribution in [0.1, 0.15) is 83.3 Å². The molecule has 7 nitrogen and oxygen atoms in total. The lowest BCUT2D eigenvalue weighted by molar-refractivity contribution is -0.279. The van der Waals surface area contributed by atoms with E-state index < -0.39 is 64.7 Å². The lowest BCUT2D eigenvalue weighted by atomic mass is 9.91. The second-order valence-corrected chi connectivity index (χ2v) is 13.3. The van der Waals surface area contributed by atoms with Crippen molar-refractivity contribution in [3.05, 3.63) is 83.4 Å². The third kappa shape index (κ3) is 9.76. The molecule has 52 heavy (non-hydrogen) atoms. The molecule has 3 rings (SSSR count). The first-order valence-corrected chi connectivity index (χ1v) is 17.7. The molecule has 1 heterocycles. The fraction of sp³-hybridized carbons (Fsp3) is 0.590. The molecule has 0 aliphatic carbocycles. The lowest BCUT2D eigenvalue weighted by Crippen LogP contribution is -2.53. The van der Waals surface area contributed by atoms with E-state index >= 15 is 0 Å². The van der Waals surface area contributed by atoms with E-state index in [4.69, 9.17) is 18.9 Å². The van der Waals surface area contributed by atoms with Crippen molar-refractivity contribution in [3.8, 4) is 0 Å². The minimum absolute atomic E-state index is 0.187. The molecule has 0 bridgehead atoms. The quantitative estimate of drug-likeness (QED) is 0.0616. The molecule has 0 spiro atoms. The van der Waals surface area contributed by atoms with Crippen LogP contribution in [0.15, 0.2) is 72.3 Å². The van der Waals surface area contributed by atoms with Gasteiger partial charge in [0.1, 0.15) is 12.7 Å². The number of carbonyl (C=O) groups excluding carboxylic acids is 2.